The third kappa shape index (κ3) is 5.34. The topological polar surface area (TPSA) is 114 Å². The number of H-pyrrole nitrogens is 1. The van der Waals surface area contributed by atoms with Gasteiger partial charge in [-0.25, -0.2) is 4.79 Å². The van der Waals surface area contributed by atoms with Gasteiger partial charge in [0.25, 0.3) is 11.5 Å². The van der Waals surface area contributed by atoms with Gasteiger partial charge in [0.05, 0.1) is 12.8 Å². The van der Waals surface area contributed by atoms with E-state index in [1.54, 1.807) is 18.2 Å². The Morgan fingerprint density at radius 1 is 1.18 bits per heavy atom. The highest BCUT2D eigenvalue weighted by Gasteiger charge is 2.24. The summed E-state index contributed by atoms with van der Waals surface area (Å²) in [7, 11) is 0. The normalized spacial score (nSPS) is 11.3. The summed E-state index contributed by atoms with van der Waals surface area (Å²) in [6.07, 6.45) is 6.15. The number of amides is 1. The van der Waals surface area contributed by atoms with Crippen LogP contribution in [0.2, 0.25) is 0 Å². The average molecular weight is 451 g/mol. The summed E-state index contributed by atoms with van der Waals surface area (Å²) in [5.41, 5.74) is 9.08. The Labute approximate surface area is 192 Å². The van der Waals surface area contributed by atoms with E-state index in [-0.39, 0.29) is 18.1 Å². The fourth-order valence-corrected chi connectivity index (χ4v) is 3.62. The lowest BCUT2D eigenvalue weighted by Gasteiger charge is -2.22. The van der Waals surface area contributed by atoms with Gasteiger partial charge in [-0.1, -0.05) is 25.5 Å². The summed E-state index contributed by atoms with van der Waals surface area (Å²) in [6.45, 7) is 8.34. The van der Waals surface area contributed by atoms with Crippen LogP contribution in [0, 0.1) is 20.8 Å². The van der Waals surface area contributed by atoms with Crippen LogP contribution in [0.3, 0.4) is 0 Å². The summed E-state index contributed by atoms with van der Waals surface area (Å²) in [6, 6.07) is 7.47. The number of nitrogens with zero attached hydrogens (tertiary/aromatic N) is 2. The van der Waals surface area contributed by atoms with Gasteiger partial charge in [0.1, 0.15) is 11.6 Å². The maximum absolute atomic E-state index is 13.3. The van der Waals surface area contributed by atoms with Crippen LogP contribution in [0.15, 0.2) is 50.6 Å². The number of nitrogen functional groups attached to an aromatic ring is 1. The molecule has 0 saturated heterocycles. The van der Waals surface area contributed by atoms with Gasteiger partial charge in [-0.2, -0.15) is 0 Å². The number of nitrogens with two attached hydrogens (primary N) is 1. The molecule has 0 bridgehead atoms. The van der Waals surface area contributed by atoms with Gasteiger partial charge in [-0.15, -0.1) is 0 Å². The lowest BCUT2D eigenvalue weighted by atomic mass is 10.0. The van der Waals surface area contributed by atoms with E-state index in [1.165, 1.54) is 27.4 Å². The maximum atomic E-state index is 13.3. The van der Waals surface area contributed by atoms with Gasteiger partial charge in [-0.3, -0.25) is 24.0 Å². The van der Waals surface area contributed by atoms with Crippen molar-refractivity contribution >= 4 is 23.5 Å². The molecule has 0 spiro atoms. The van der Waals surface area contributed by atoms with Crippen molar-refractivity contribution in [3.8, 4) is 0 Å². The van der Waals surface area contributed by atoms with Crippen molar-refractivity contribution in [3.05, 3.63) is 85.5 Å². The summed E-state index contributed by atoms with van der Waals surface area (Å²) >= 11 is 0. The predicted molar refractivity (Wildman–Crippen MR) is 130 cm³/mol. The number of carbonyl (C=O) groups is 1. The van der Waals surface area contributed by atoms with E-state index in [1.807, 2.05) is 33.8 Å². The molecule has 8 heteroatoms. The minimum absolute atomic E-state index is 0.0126. The monoisotopic (exact) mass is 450 g/mol. The molecule has 0 saturated carbocycles. The number of rotatable bonds is 8. The number of hydrogen-bond acceptors (Lipinski definition) is 5. The Morgan fingerprint density at radius 3 is 2.58 bits per heavy atom. The molecule has 0 fully saturated rings. The van der Waals surface area contributed by atoms with Crippen LogP contribution >= 0.6 is 0 Å². The summed E-state index contributed by atoms with van der Waals surface area (Å²) in [4.78, 5) is 42.0. The average Bonchev–Trinajstić information content (AvgIpc) is 3.27. The number of aryl methyl sites for hydroxylation is 3. The first kappa shape index (κ1) is 23.8. The highest BCUT2D eigenvalue weighted by molar-refractivity contribution is 6.05. The quantitative estimate of drug-likeness (QED) is 0.508. The summed E-state index contributed by atoms with van der Waals surface area (Å²) in [5.74, 6) is -0.0287. The Balaban J connectivity index is 2.06. The molecule has 2 aromatic heterocycles. The van der Waals surface area contributed by atoms with Gasteiger partial charge >= 0.3 is 5.69 Å². The van der Waals surface area contributed by atoms with Gasteiger partial charge < -0.3 is 10.2 Å². The minimum atomic E-state index is -0.721. The molecule has 0 aliphatic heterocycles. The highest BCUT2D eigenvalue weighted by atomic mass is 16.3. The number of unbranched alkanes of at least 4 members (excludes halogenated alkanes) is 1. The molecule has 0 radical (unpaired) electrons. The third-order valence-corrected chi connectivity index (χ3v) is 5.67. The van der Waals surface area contributed by atoms with E-state index in [0.29, 0.717) is 18.7 Å². The van der Waals surface area contributed by atoms with E-state index in [4.69, 9.17) is 10.2 Å². The fourth-order valence-electron chi connectivity index (χ4n) is 3.62. The van der Waals surface area contributed by atoms with E-state index < -0.39 is 17.2 Å². The van der Waals surface area contributed by atoms with Crippen molar-refractivity contribution < 1.29 is 9.21 Å². The molecule has 3 rings (SSSR count). The third-order valence-electron chi connectivity index (χ3n) is 5.67. The Morgan fingerprint density at radius 2 is 1.91 bits per heavy atom. The number of nitrogens with one attached hydrogen (secondary N) is 1. The van der Waals surface area contributed by atoms with Crippen molar-refractivity contribution in [3.63, 3.8) is 0 Å². The second kappa shape index (κ2) is 10.2. The molecule has 0 atom stereocenters. The molecule has 0 aliphatic carbocycles. The summed E-state index contributed by atoms with van der Waals surface area (Å²) < 4.78 is 6.70. The van der Waals surface area contributed by atoms with E-state index in [2.05, 4.69) is 11.1 Å². The van der Waals surface area contributed by atoms with Crippen molar-refractivity contribution in [1.82, 2.24) is 9.55 Å². The second-order valence-corrected chi connectivity index (χ2v) is 8.13. The fraction of sp³-hybridized carbons (Fsp3) is 0.320. The number of aromatic amines is 1. The Hall–Kier alpha value is -3.81. The highest BCUT2D eigenvalue weighted by Crippen LogP contribution is 2.22. The Kier molecular flexibility index (Phi) is 7.37. The van der Waals surface area contributed by atoms with Gasteiger partial charge in [0.2, 0.25) is 0 Å². The number of benzene rings is 1. The number of anilines is 2. The molecule has 8 nitrogen and oxygen atoms in total. The lowest BCUT2D eigenvalue weighted by Crippen LogP contribution is -2.40. The van der Waals surface area contributed by atoms with Crippen LogP contribution in [0.1, 0.15) is 47.8 Å². The number of aromatic nitrogens is 2. The van der Waals surface area contributed by atoms with Gasteiger partial charge in [0.15, 0.2) is 5.69 Å². The van der Waals surface area contributed by atoms with Crippen LogP contribution in [0.5, 0.6) is 0 Å². The number of carbonyl (C=O) groups excluding carboxylic acids is 1. The molecule has 2 heterocycles. The summed E-state index contributed by atoms with van der Waals surface area (Å²) in [5, 5.41) is 0. The van der Waals surface area contributed by atoms with Crippen molar-refractivity contribution in [2.45, 2.75) is 53.6 Å². The molecular formula is C25H30N4O4. The molecular weight excluding hydrogens is 420 g/mol. The first-order valence-corrected chi connectivity index (χ1v) is 10.9. The molecule has 0 unspecified atom stereocenters. The maximum Gasteiger partial charge on any atom is 0.330 e. The molecule has 174 valence electrons. The molecule has 3 aromatic rings. The molecule has 1 amide bonds. The first-order chi connectivity index (χ1) is 15.7. The SMILES string of the molecule is CCCCn1c(N)c(N(Cc2ccco2)C(=O)/C=C/c2cc(C)c(C)cc2C)c(=O)[nH]c1=O. The zero-order chi connectivity index (χ0) is 24.1. The zero-order valence-electron chi connectivity index (χ0n) is 19.5. The van der Waals surface area contributed by atoms with Crippen LogP contribution in [0.25, 0.3) is 6.08 Å². The Bertz CT molecular complexity index is 1280. The van der Waals surface area contributed by atoms with Gasteiger partial charge in [-0.05, 0) is 67.7 Å². The molecule has 1 aromatic carbocycles. The predicted octanol–water partition coefficient (Wildman–Crippen LogP) is 3.68. The molecule has 0 aliphatic rings. The number of hydrogen-bond donors (Lipinski definition) is 2. The smallest absolute Gasteiger partial charge is 0.330 e. The van der Waals surface area contributed by atoms with E-state index in [9.17, 15) is 14.4 Å². The number of furan rings is 1. The van der Waals surface area contributed by atoms with Crippen molar-refractivity contribution in [2.75, 3.05) is 10.6 Å². The van der Waals surface area contributed by atoms with Gasteiger partial charge in [0, 0.05) is 12.6 Å². The molecule has 33 heavy (non-hydrogen) atoms. The van der Waals surface area contributed by atoms with Crippen LogP contribution < -0.4 is 21.9 Å². The molecule has 3 N–H and O–H groups in total. The van der Waals surface area contributed by atoms with E-state index in [0.717, 1.165) is 23.1 Å². The zero-order valence-corrected chi connectivity index (χ0v) is 19.5. The van der Waals surface area contributed by atoms with Crippen LogP contribution in [0.4, 0.5) is 11.5 Å². The van der Waals surface area contributed by atoms with Crippen molar-refractivity contribution in [2.24, 2.45) is 0 Å². The standard InChI is InChI=1S/C25H30N4O4/c1-5-6-11-28-23(26)22(24(31)27-25(28)32)29(15-20-8-7-12-33-20)21(30)10-9-19-14-17(3)16(2)13-18(19)4/h7-10,12-14H,5-6,11,15,26H2,1-4H3,(H,27,31,32)/b10-9+. The van der Waals surface area contributed by atoms with Crippen molar-refractivity contribution in [1.29, 1.82) is 0 Å². The minimum Gasteiger partial charge on any atom is -0.467 e. The lowest BCUT2D eigenvalue weighted by molar-refractivity contribution is -0.114. The first-order valence-electron chi connectivity index (χ1n) is 10.9. The van der Waals surface area contributed by atoms with E-state index >= 15 is 0 Å². The largest absolute Gasteiger partial charge is 0.467 e. The van der Waals surface area contributed by atoms with Crippen LogP contribution in [-0.2, 0) is 17.9 Å². The van der Waals surface area contributed by atoms with Crippen LogP contribution in [-0.4, -0.2) is 15.5 Å². The second-order valence-electron chi connectivity index (χ2n) is 8.13.